The zero-order valence-corrected chi connectivity index (χ0v) is 39.9. The SMILES string of the molecule is C=CC[Si](C)(C)CCC[Si]1(CCCP(c2ccccc2)c2ccccc2)CCC[Si](C)(C)O/C(CC)=C(\C)C(C)(C(C)CC)O[Si](C)(C)CCC1. The van der Waals surface area contributed by atoms with Crippen molar-refractivity contribution in [2.45, 2.75) is 166 Å². The van der Waals surface area contributed by atoms with E-state index in [1.54, 1.807) is 0 Å². The Kier molecular flexibility index (Phi) is 17.4. The van der Waals surface area contributed by atoms with Gasteiger partial charge >= 0.3 is 0 Å². The molecule has 0 saturated heterocycles. The summed E-state index contributed by atoms with van der Waals surface area (Å²) in [6, 6.07) is 34.0. The van der Waals surface area contributed by atoms with E-state index in [2.05, 4.69) is 147 Å². The lowest BCUT2D eigenvalue weighted by molar-refractivity contribution is 0.0535. The van der Waals surface area contributed by atoms with Crippen LogP contribution < -0.4 is 10.6 Å². The lowest BCUT2D eigenvalue weighted by Gasteiger charge is -2.45. The Labute approximate surface area is 321 Å². The van der Waals surface area contributed by atoms with Crippen molar-refractivity contribution in [1.29, 1.82) is 0 Å². The Bertz CT molecular complexity index is 1320. The second kappa shape index (κ2) is 20.1. The van der Waals surface area contributed by atoms with Gasteiger partial charge in [0.25, 0.3) is 0 Å². The van der Waals surface area contributed by atoms with Gasteiger partial charge in [0.1, 0.15) is 0 Å². The first-order chi connectivity index (χ1) is 24.0. The first kappa shape index (κ1) is 44.4. The molecule has 0 fully saturated rings. The van der Waals surface area contributed by atoms with E-state index in [0.29, 0.717) is 5.92 Å². The van der Waals surface area contributed by atoms with Crippen molar-refractivity contribution in [3.05, 3.63) is 84.7 Å². The fourth-order valence-electron chi connectivity index (χ4n) is 8.83. The molecule has 2 aromatic carbocycles. The van der Waals surface area contributed by atoms with Gasteiger partial charge in [-0.15, -0.1) is 6.58 Å². The molecule has 1 heterocycles. The Morgan fingerprint density at radius 1 is 0.843 bits per heavy atom. The van der Waals surface area contributed by atoms with Crippen LogP contribution >= 0.6 is 7.92 Å². The maximum absolute atomic E-state index is 7.50. The smallest absolute Gasteiger partial charge is 0.244 e. The van der Waals surface area contributed by atoms with Crippen molar-refractivity contribution in [2.24, 2.45) is 5.92 Å². The van der Waals surface area contributed by atoms with E-state index < -0.39 is 32.8 Å². The minimum Gasteiger partial charge on any atom is -0.547 e. The fraction of sp³-hybridized carbons (Fsp3) is 0.636. The normalized spacial score (nSPS) is 25.5. The van der Waals surface area contributed by atoms with E-state index in [9.17, 15) is 0 Å². The van der Waals surface area contributed by atoms with Crippen LogP contribution in [0.4, 0.5) is 0 Å². The molecule has 0 N–H and O–H groups in total. The van der Waals surface area contributed by atoms with Crippen LogP contribution in [0.3, 0.4) is 0 Å². The van der Waals surface area contributed by atoms with Crippen molar-refractivity contribution < 1.29 is 8.85 Å². The molecule has 0 radical (unpaired) electrons. The van der Waals surface area contributed by atoms with Crippen molar-refractivity contribution in [2.75, 3.05) is 6.16 Å². The molecule has 0 saturated carbocycles. The van der Waals surface area contributed by atoms with Gasteiger partial charge in [0.2, 0.25) is 8.32 Å². The zero-order valence-electron chi connectivity index (χ0n) is 35.0. The Morgan fingerprint density at radius 2 is 1.37 bits per heavy atom. The highest BCUT2D eigenvalue weighted by molar-refractivity contribution is 7.73. The third-order valence-electron chi connectivity index (χ3n) is 12.4. The number of hydrogen-bond acceptors (Lipinski definition) is 2. The first-order valence-corrected chi connectivity index (χ1v) is 34.6. The molecule has 2 nitrogen and oxygen atoms in total. The molecule has 0 bridgehead atoms. The van der Waals surface area contributed by atoms with Crippen LogP contribution in [0.2, 0.25) is 87.6 Å². The largest absolute Gasteiger partial charge is 0.547 e. The van der Waals surface area contributed by atoms with Gasteiger partial charge < -0.3 is 8.85 Å². The Hall–Kier alpha value is -1.02. The topological polar surface area (TPSA) is 18.5 Å². The summed E-state index contributed by atoms with van der Waals surface area (Å²) in [5.41, 5.74) is 1.09. The van der Waals surface area contributed by atoms with E-state index in [4.69, 9.17) is 8.85 Å². The molecule has 0 amide bonds. The van der Waals surface area contributed by atoms with Crippen molar-refractivity contribution in [3.63, 3.8) is 0 Å². The lowest BCUT2D eigenvalue weighted by Crippen LogP contribution is -2.48. The van der Waals surface area contributed by atoms with Crippen LogP contribution in [-0.4, -0.2) is 44.5 Å². The quantitative estimate of drug-likeness (QED) is 0.102. The third kappa shape index (κ3) is 13.7. The number of hydrogen-bond donors (Lipinski definition) is 0. The minimum absolute atomic E-state index is 0.271. The van der Waals surface area contributed by atoms with Crippen LogP contribution in [0.5, 0.6) is 0 Å². The van der Waals surface area contributed by atoms with Gasteiger partial charge in [0, 0.05) is 6.42 Å². The van der Waals surface area contributed by atoms with Gasteiger partial charge in [-0.25, -0.2) is 0 Å². The maximum atomic E-state index is 7.50. The highest BCUT2D eigenvalue weighted by Crippen LogP contribution is 2.43. The van der Waals surface area contributed by atoms with Gasteiger partial charge in [0.15, 0.2) is 8.32 Å². The van der Waals surface area contributed by atoms with Crippen LogP contribution in [0, 0.1) is 5.92 Å². The summed E-state index contributed by atoms with van der Waals surface area (Å²) >= 11 is 0. The molecular weight excluding hydrogens is 704 g/mol. The molecule has 2 aromatic rings. The highest BCUT2D eigenvalue weighted by Gasteiger charge is 2.43. The Balaban J connectivity index is 1.98. The summed E-state index contributed by atoms with van der Waals surface area (Å²) in [5, 5.41) is 3.07. The molecule has 0 aromatic heterocycles. The fourth-order valence-corrected chi connectivity index (χ4v) is 24.6. The molecule has 3 rings (SSSR count). The maximum Gasteiger partial charge on any atom is 0.244 e. The first-order valence-electron chi connectivity index (χ1n) is 20.6. The highest BCUT2D eigenvalue weighted by atomic mass is 31.1. The molecule has 0 spiro atoms. The molecule has 7 heteroatoms. The van der Waals surface area contributed by atoms with Crippen molar-refractivity contribution >= 4 is 51.3 Å². The summed E-state index contributed by atoms with van der Waals surface area (Å²) in [6.45, 7) is 31.1. The average Bonchev–Trinajstić information content (AvgIpc) is 3.08. The second-order valence-corrected chi connectivity index (χ2v) is 39.2. The van der Waals surface area contributed by atoms with Crippen molar-refractivity contribution in [3.8, 4) is 0 Å². The van der Waals surface area contributed by atoms with Gasteiger partial charge in [-0.1, -0.05) is 163 Å². The number of rotatable bonds is 15. The van der Waals surface area contributed by atoms with Crippen LogP contribution in [-0.2, 0) is 8.85 Å². The third-order valence-corrected chi connectivity index (χ3v) is 28.6. The predicted molar refractivity (Wildman–Crippen MR) is 242 cm³/mol. The molecule has 3 unspecified atom stereocenters. The summed E-state index contributed by atoms with van der Waals surface area (Å²) in [6.07, 6.45) is 11.1. The van der Waals surface area contributed by atoms with E-state index in [1.165, 1.54) is 102 Å². The molecule has 286 valence electrons. The molecule has 1 aliphatic heterocycles. The Morgan fingerprint density at radius 3 is 1.88 bits per heavy atom. The number of allylic oxidation sites excluding steroid dienone is 2. The monoisotopic (exact) mass is 780 g/mol. The second-order valence-electron chi connectivity index (χ2n) is 18.2. The van der Waals surface area contributed by atoms with Crippen LogP contribution in [0.25, 0.3) is 0 Å². The van der Waals surface area contributed by atoms with Gasteiger partial charge in [-0.2, -0.15) is 0 Å². The van der Waals surface area contributed by atoms with Crippen molar-refractivity contribution in [1.82, 2.24) is 0 Å². The standard InChI is InChI=1S/C44H77O2PSi4/c1-13-31-48(7,8)32-23-36-51(35-22-30-47(41-26-18-16-19-27-41)42-28-20-17-21-29-42)37-24-33-49(9,10)45-43(15-3)40(5)44(6,39(4)14-2)46-50(11,12)34-25-38-51/h13,16-21,26-29,39H,1,14-15,22-25,30-38H2,2-12H3/b43-40+. The van der Waals surface area contributed by atoms with Crippen LogP contribution in [0.1, 0.15) is 73.1 Å². The molecule has 1 aliphatic rings. The molecular formula is C44H77O2PSi4. The van der Waals surface area contributed by atoms with Gasteiger partial charge in [-0.05, 0) is 94.4 Å². The molecule has 51 heavy (non-hydrogen) atoms. The summed E-state index contributed by atoms with van der Waals surface area (Å²) in [4.78, 5) is 0. The summed E-state index contributed by atoms with van der Waals surface area (Å²) in [5.74, 6) is 1.68. The van der Waals surface area contributed by atoms with Gasteiger partial charge in [0.05, 0.1) is 27.5 Å². The zero-order chi connectivity index (χ0) is 37.8. The predicted octanol–water partition coefficient (Wildman–Crippen LogP) is 14.0. The van der Waals surface area contributed by atoms with E-state index in [-0.39, 0.29) is 13.5 Å². The average molecular weight is 781 g/mol. The minimum atomic E-state index is -1.96. The molecule has 0 aliphatic carbocycles. The summed E-state index contributed by atoms with van der Waals surface area (Å²) < 4.78 is 14.7. The number of benzene rings is 2. The van der Waals surface area contributed by atoms with E-state index >= 15 is 0 Å². The molecule has 3 atom stereocenters. The lowest BCUT2D eigenvalue weighted by atomic mass is 9.82. The van der Waals surface area contributed by atoms with E-state index in [0.717, 1.165) is 12.8 Å². The van der Waals surface area contributed by atoms with E-state index in [1.807, 2.05) is 0 Å². The van der Waals surface area contributed by atoms with Crippen LogP contribution in [0.15, 0.2) is 84.7 Å². The summed E-state index contributed by atoms with van der Waals surface area (Å²) in [7, 11) is -7.05. The van der Waals surface area contributed by atoms with Gasteiger partial charge in [-0.3, -0.25) is 0 Å².